The van der Waals surface area contributed by atoms with Crippen LogP contribution in [0.15, 0.2) is 48.5 Å². The first-order chi connectivity index (χ1) is 11.5. The number of hydrogen-bond donors (Lipinski definition) is 1. The van der Waals surface area contributed by atoms with Crippen LogP contribution < -0.4 is 10.2 Å². The number of benzene rings is 2. The summed E-state index contributed by atoms with van der Waals surface area (Å²) in [6.07, 6.45) is 0.272. The molecule has 2 amide bonds. The molecule has 0 aromatic heterocycles. The van der Waals surface area contributed by atoms with E-state index in [1.165, 1.54) is 5.56 Å². The minimum absolute atomic E-state index is 0.0156. The number of amides is 2. The second-order valence-electron chi connectivity index (χ2n) is 6.40. The molecule has 0 spiro atoms. The first-order valence-corrected chi connectivity index (χ1v) is 8.24. The van der Waals surface area contributed by atoms with Crippen molar-refractivity contribution in [3.63, 3.8) is 0 Å². The number of nitrogens with one attached hydrogen (secondary N) is 1. The summed E-state index contributed by atoms with van der Waals surface area (Å²) in [7, 11) is 0. The molecule has 1 N–H and O–H groups in total. The predicted molar refractivity (Wildman–Crippen MR) is 94.7 cm³/mol. The predicted octanol–water partition coefficient (Wildman–Crippen LogP) is 2.97. The summed E-state index contributed by atoms with van der Waals surface area (Å²) in [4.78, 5) is 26.5. The van der Waals surface area contributed by atoms with Crippen LogP contribution in [0.5, 0.6) is 0 Å². The van der Waals surface area contributed by atoms with E-state index in [2.05, 4.69) is 11.4 Å². The van der Waals surface area contributed by atoms with Crippen molar-refractivity contribution in [2.45, 2.75) is 26.8 Å². The van der Waals surface area contributed by atoms with Crippen LogP contribution in [0.1, 0.15) is 23.1 Å². The minimum Gasteiger partial charge on any atom is -0.352 e. The van der Waals surface area contributed by atoms with Crippen LogP contribution in [0.2, 0.25) is 0 Å². The van der Waals surface area contributed by atoms with Crippen LogP contribution in [-0.2, 0) is 16.1 Å². The Morgan fingerprint density at radius 3 is 2.62 bits per heavy atom. The van der Waals surface area contributed by atoms with E-state index < -0.39 is 0 Å². The van der Waals surface area contributed by atoms with Crippen molar-refractivity contribution in [1.29, 1.82) is 0 Å². The molecule has 3 rings (SSSR count). The Labute approximate surface area is 142 Å². The van der Waals surface area contributed by atoms with Crippen molar-refractivity contribution in [3.05, 3.63) is 65.2 Å². The van der Waals surface area contributed by atoms with Gasteiger partial charge in [-0.25, -0.2) is 0 Å². The van der Waals surface area contributed by atoms with E-state index >= 15 is 0 Å². The molecular weight excluding hydrogens is 300 g/mol. The summed E-state index contributed by atoms with van der Waals surface area (Å²) in [5, 5.41) is 2.94. The molecule has 124 valence electrons. The molecule has 1 aliphatic rings. The van der Waals surface area contributed by atoms with Gasteiger partial charge >= 0.3 is 0 Å². The summed E-state index contributed by atoms with van der Waals surface area (Å²) in [5.41, 5.74) is 4.19. The lowest BCUT2D eigenvalue weighted by molar-refractivity contribution is -0.126. The Bertz CT molecular complexity index is 755. The van der Waals surface area contributed by atoms with Gasteiger partial charge in [0.2, 0.25) is 11.8 Å². The lowest BCUT2D eigenvalue weighted by atomic mass is 10.1. The summed E-state index contributed by atoms with van der Waals surface area (Å²) in [6, 6.07) is 15.8. The van der Waals surface area contributed by atoms with Gasteiger partial charge < -0.3 is 10.2 Å². The summed E-state index contributed by atoms with van der Waals surface area (Å²) in [6.45, 7) is 4.97. The van der Waals surface area contributed by atoms with Crippen molar-refractivity contribution in [2.24, 2.45) is 5.92 Å². The third-order valence-electron chi connectivity index (χ3n) is 4.45. The summed E-state index contributed by atoms with van der Waals surface area (Å²) in [5.74, 6) is -0.330. The van der Waals surface area contributed by atoms with Crippen LogP contribution >= 0.6 is 0 Å². The lowest BCUT2D eigenvalue weighted by Gasteiger charge is -2.19. The van der Waals surface area contributed by atoms with Gasteiger partial charge in [0.05, 0.1) is 5.92 Å². The highest BCUT2D eigenvalue weighted by Gasteiger charge is 2.35. The minimum atomic E-state index is -0.290. The number of carbonyl (C=O) groups is 2. The maximum atomic E-state index is 12.4. The normalized spacial score (nSPS) is 17.2. The van der Waals surface area contributed by atoms with E-state index in [0.29, 0.717) is 13.1 Å². The Morgan fingerprint density at radius 2 is 1.92 bits per heavy atom. The van der Waals surface area contributed by atoms with Gasteiger partial charge in [-0.05, 0) is 31.0 Å². The molecule has 0 saturated carbocycles. The Hall–Kier alpha value is -2.62. The molecular formula is C20H22N2O2. The van der Waals surface area contributed by atoms with Crippen LogP contribution in [0.3, 0.4) is 0 Å². The molecule has 24 heavy (non-hydrogen) atoms. The van der Waals surface area contributed by atoms with Gasteiger partial charge in [0.15, 0.2) is 0 Å². The zero-order chi connectivity index (χ0) is 17.1. The number of carbonyl (C=O) groups excluding carboxylic acids is 2. The van der Waals surface area contributed by atoms with Gasteiger partial charge in [-0.15, -0.1) is 0 Å². The van der Waals surface area contributed by atoms with Crippen molar-refractivity contribution in [2.75, 3.05) is 11.4 Å². The highest BCUT2D eigenvalue weighted by molar-refractivity contribution is 6.00. The largest absolute Gasteiger partial charge is 0.352 e. The van der Waals surface area contributed by atoms with Crippen molar-refractivity contribution < 1.29 is 9.59 Å². The van der Waals surface area contributed by atoms with E-state index in [4.69, 9.17) is 0 Å². The molecule has 2 aromatic rings. The fourth-order valence-corrected chi connectivity index (χ4v) is 3.15. The highest BCUT2D eigenvalue weighted by Crippen LogP contribution is 2.28. The lowest BCUT2D eigenvalue weighted by Crippen LogP contribution is -2.32. The van der Waals surface area contributed by atoms with E-state index in [-0.39, 0.29) is 24.2 Å². The first-order valence-electron chi connectivity index (χ1n) is 8.24. The van der Waals surface area contributed by atoms with Gasteiger partial charge in [-0.1, -0.05) is 48.0 Å². The average Bonchev–Trinajstić information content (AvgIpc) is 2.95. The van der Waals surface area contributed by atoms with Gasteiger partial charge in [0.1, 0.15) is 0 Å². The van der Waals surface area contributed by atoms with Crippen LogP contribution in [0.25, 0.3) is 0 Å². The van der Waals surface area contributed by atoms with Gasteiger partial charge in [0.25, 0.3) is 0 Å². The van der Waals surface area contributed by atoms with Crippen molar-refractivity contribution in [3.8, 4) is 0 Å². The molecule has 4 nitrogen and oxygen atoms in total. The number of anilines is 1. The molecule has 1 aliphatic heterocycles. The SMILES string of the molecule is Cc1ccc(N2C[C@@H](C(=O)NCc3ccccc3)CC2=O)c(C)c1. The zero-order valence-electron chi connectivity index (χ0n) is 14.1. The second kappa shape index (κ2) is 6.87. The average molecular weight is 322 g/mol. The highest BCUT2D eigenvalue weighted by atomic mass is 16.2. The van der Waals surface area contributed by atoms with Gasteiger partial charge in [-0.3, -0.25) is 9.59 Å². The van der Waals surface area contributed by atoms with Crippen LogP contribution in [0.4, 0.5) is 5.69 Å². The molecule has 1 fully saturated rings. The third kappa shape index (κ3) is 3.48. The molecule has 0 unspecified atom stereocenters. The smallest absolute Gasteiger partial charge is 0.227 e. The monoisotopic (exact) mass is 322 g/mol. The molecule has 1 heterocycles. The first kappa shape index (κ1) is 16.2. The van der Waals surface area contributed by atoms with Gasteiger partial charge in [-0.2, -0.15) is 0 Å². The molecule has 0 bridgehead atoms. The third-order valence-corrected chi connectivity index (χ3v) is 4.45. The van der Waals surface area contributed by atoms with Crippen molar-refractivity contribution >= 4 is 17.5 Å². The maximum Gasteiger partial charge on any atom is 0.227 e. The Kier molecular flexibility index (Phi) is 4.65. The second-order valence-corrected chi connectivity index (χ2v) is 6.40. The van der Waals surface area contributed by atoms with E-state index in [9.17, 15) is 9.59 Å². The van der Waals surface area contributed by atoms with Crippen molar-refractivity contribution in [1.82, 2.24) is 5.32 Å². The van der Waals surface area contributed by atoms with Crippen LogP contribution in [0, 0.1) is 19.8 Å². The number of hydrogen-bond acceptors (Lipinski definition) is 2. The fourth-order valence-electron chi connectivity index (χ4n) is 3.15. The summed E-state index contributed by atoms with van der Waals surface area (Å²) >= 11 is 0. The fraction of sp³-hybridized carbons (Fsp3) is 0.300. The molecule has 1 atom stereocenters. The quantitative estimate of drug-likeness (QED) is 0.941. The van der Waals surface area contributed by atoms with E-state index in [0.717, 1.165) is 16.8 Å². The van der Waals surface area contributed by atoms with Crippen LogP contribution in [-0.4, -0.2) is 18.4 Å². The van der Waals surface area contributed by atoms with Gasteiger partial charge in [0, 0.05) is 25.2 Å². The number of rotatable bonds is 4. The molecule has 0 aliphatic carbocycles. The molecule has 0 radical (unpaired) electrons. The van der Waals surface area contributed by atoms with E-state index in [1.807, 2.05) is 56.3 Å². The molecule has 1 saturated heterocycles. The standard InChI is InChI=1S/C20H22N2O2/c1-14-8-9-18(15(2)10-14)22-13-17(11-19(22)23)20(24)21-12-16-6-4-3-5-7-16/h3-10,17H,11-13H2,1-2H3,(H,21,24)/t17-/m0/s1. The summed E-state index contributed by atoms with van der Waals surface area (Å²) < 4.78 is 0. The molecule has 2 aromatic carbocycles. The Balaban J connectivity index is 1.64. The van der Waals surface area contributed by atoms with E-state index in [1.54, 1.807) is 4.90 Å². The molecule has 4 heteroatoms. The number of aryl methyl sites for hydroxylation is 2. The number of nitrogens with zero attached hydrogens (tertiary/aromatic N) is 1. The Morgan fingerprint density at radius 1 is 1.17 bits per heavy atom. The maximum absolute atomic E-state index is 12.4. The topological polar surface area (TPSA) is 49.4 Å². The zero-order valence-corrected chi connectivity index (χ0v) is 14.1.